The molecular formula is C21H19Cl2N3O5. The lowest BCUT2D eigenvalue weighted by Gasteiger charge is -2.33. The number of benzene rings is 2. The first-order valence-electron chi connectivity index (χ1n) is 9.11. The van der Waals surface area contributed by atoms with E-state index in [0.717, 1.165) is 17.3 Å². The van der Waals surface area contributed by atoms with Gasteiger partial charge in [-0.05, 0) is 62.4 Å². The lowest BCUT2D eigenvalue weighted by atomic mass is 9.86. The highest BCUT2D eigenvalue weighted by atomic mass is 35.5. The fourth-order valence-electron chi connectivity index (χ4n) is 2.65. The summed E-state index contributed by atoms with van der Waals surface area (Å²) in [5, 5.41) is 16.0. The van der Waals surface area contributed by atoms with Gasteiger partial charge in [-0.2, -0.15) is 9.78 Å². The van der Waals surface area contributed by atoms with Crippen molar-refractivity contribution in [1.29, 1.82) is 0 Å². The molecule has 0 amide bonds. The van der Waals surface area contributed by atoms with E-state index in [9.17, 15) is 14.7 Å². The van der Waals surface area contributed by atoms with Gasteiger partial charge in [-0.15, -0.1) is 0 Å². The van der Waals surface area contributed by atoms with Crippen molar-refractivity contribution < 1.29 is 24.2 Å². The molecule has 2 aromatic carbocycles. The van der Waals surface area contributed by atoms with Crippen LogP contribution in [-0.2, 0) is 15.4 Å². The average Bonchev–Trinajstić information content (AvgIpc) is 3.29. The van der Waals surface area contributed by atoms with Crippen LogP contribution in [-0.4, -0.2) is 38.2 Å². The summed E-state index contributed by atoms with van der Waals surface area (Å²) in [6, 6.07) is 12.2. The molecule has 10 heteroatoms. The summed E-state index contributed by atoms with van der Waals surface area (Å²) in [6.45, 7) is 2.70. The lowest BCUT2D eigenvalue weighted by molar-refractivity contribution is -0.221. The SMILES string of the molecule is CC(C)(COC(=O)c1ccc(Cl)cc1)C(=O)C(O)(Oc1ccc(Cl)cc1)n1cncn1. The Balaban J connectivity index is 1.81. The highest BCUT2D eigenvalue weighted by molar-refractivity contribution is 6.30. The monoisotopic (exact) mass is 463 g/mol. The Bertz CT molecular complexity index is 1050. The number of carbonyl (C=O) groups excluding carboxylic acids is 2. The van der Waals surface area contributed by atoms with E-state index < -0.39 is 23.1 Å². The van der Waals surface area contributed by atoms with Crippen LogP contribution in [0.3, 0.4) is 0 Å². The largest absolute Gasteiger partial charge is 0.461 e. The van der Waals surface area contributed by atoms with E-state index in [4.69, 9.17) is 32.7 Å². The number of aromatic nitrogens is 3. The third-order valence-electron chi connectivity index (χ3n) is 4.36. The molecule has 1 unspecified atom stereocenters. The molecule has 3 aromatic rings. The quantitative estimate of drug-likeness (QED) is 0.400. The summed E-state index contributed by atoms with van der Waals surface area (Å²) in [6.07, 6.45) is 2.29. The van der Waals surface area contributed by atoms with E-state index in [1.54, 1.807) is 24.3 Å². The number of halogens is 2. The molecule has 1 N–H and O–H groups in total. The average molecular weight is 464 g/mol. The molecule has 0 fully saturated rings. The number of hydrogen-bond donors (Lipinski definition) is 1. The van der Waals surface area contributed by atoms with Gasteiger partial charge in [-0.3, -0.25) is 4.79 Å². The van der Waals surface area contributed by atoms with Gasteiger partial charge in [0.1, 0.15) is 25.0 Å². The van der Waals surface area contributed by atoms with Crippen molar-refractivity contribution in [2.75, 3.05) is 6.61 Å². The number of ketones is 1. The molecule has 8 nitrogen and oxygen atoms in total. The smallest absolute Gasteiger partial charge is 0.376 e. The van der Waals surface area contributed by atoms with Gasteiger partial charge in [0.15, 0.2) is 0 Å². The minimum absolute atomic E-state index is 0.171. The Labute approximate surface area is 188 Å². The topological polar surface area (TPSA) is 104 Å². The zero-order valence-corrected chi connectivity index (χ0v) is 18.2. The minimum Gasteiger partial charge on any atom is -0.461 e. The Morgan fingerprint density at radius 2 is 1.61 bits per heavy atom. The molecule has 0 bridgehead atoms. The number of aliphatic hydroxyl groups is 1. The summed E-state index contributed by atoms with van der Waals surface area (Å²) in [5.41, 5.74) is -1.08. The number of Topliss-reactive ketones (excluding diaryl/α,β-unsaturated/α-hetero) is 1. The van der Waals surface area contributed by atoms with Crippen LogP contribution in [0.4, 0.5) is 0 Å². The van der Waals surface area contributed by atoms with Gasteiger partial charge >= 0.3 is 11.9 Å². The summed E-state index contributed by atoms with van der Waals surface area (Å²) in [4.78, 5) is 29.4. The van der Waals surface area contributed by atoms with Crippen molar-refractivity contribution in [2.24, 2.45) is 5.41 Å². The predicted molar refractivity (Wildman–Crippen MR) is 113 cm³/mol. The number of ether oxygens (including phenoxy) is 2. The standard InChI is InChI=1S/C21H19Cl2N3O5/c1-20(2,11-30-18(27)14-3-5-15(22)6-4-14)19(28)21(29,26-13-24-12-25-26)31-17-9-7-16(23)8-10-17/h3-10,12-13,29H,11H2,1-2H3. The first kappa shape index (κ1) is 22.7. The third-order valence-corrected chi connectivity index (χ3v) is 4.86. The van der Waals surface area contributed by atoms with E-state index in [0.29, 0.717) is 10.0 Å². The molecule has 1 atom stereocenters. The summed E-state index contributed by atoms with van der Waals surface area (Å²) in [7, 11) is 0. The number of esters is 1. The molecule has 162 valence electrons. The Kier molecular flexibility index (Phi) is 6.64. The molecule has 0 saturated heterocycles. The molecule has 1 aromatic heterocycles. The maximum atomic E-state index is 13.4. The molecule has 0 aliphatic heterocycles. The van der Waals surface area contributed by atoms with Crippen molar-refractivity contribution in [2.45, 2.75) is 19.8 Å². The maximum absolute atomic E-state index is 13.4. The van der Waals surface area contributed by atoms with Gasteiger partial charge in [0.2, 0.25) is 5.78 Å². The number of carbonyl (C=O) groups is 2. The van der Waals surface area contributed by atoms with Crippen LogP contribution >= 0.6 is 23.2 Å². The molecule has 31 heavy (non-hydrogen) atoms. The van der Waals surface area contributed by atoms with Crippen LogP contribution < -0.4 is 4.74 Å². The van der Waals surface area contributed by atoms with E-state index in [1.165, 1.54) is 38.1 Å². The molecule has 0 radical (unpaired) electrons. The number of nitrogens with zero attached hydrogens (tertiary/aromatic N) is 3. The Morgan fingerprint density at radius 1 is 1.03 bits per heavy atom. The molecule has 0 saturated carbocycles. The number of rotatable bonds is 8. The highest BCUT2D eigenvalue weighted by Gasteiger charge is 2.50. The zero-order valence-electron chi connectivity index (χ0n) is 16.7. The fourth-order valence-corrected chi connectivity index (χ4v) is 2.90. The predicted octanol–water partition coefficient (Wildman–Crippen LogP) is 3.72. The van der Waals surface area contributed by atoms with Crippen molar-refractivity contribution in [3.8, 4) is 5.75 Å². The van der Waals surface area contributed by atoms with Gasteiger partial charge in [0.25, 0.3) is 0 Å². The van der Waals surface area contributed by atoms with Crippen LogP contribution in [0.2, 0.25) is 10.0 Å². The second-order valence-corrected chi connectivity index (χ2v) is 8.17. The van der Waals surface area contributed by atoms with Crippen LogP contribution in [0.25, 0.3) is 0 Å². The molecule has 0 aliphatic rings. The third kappa shape index (κ3) is 5.22. The first-order chi connectivity index (χ1) is 14.6. The van der Waals surface area contributed by atoms with Crippen LogP contribution in [0.5, 0.6) is 5.75 Å². The molecule has 0 spiro atoms. The second kappa shape index (κ2) is 9.05. The van der Waals surface area contributed by atoms with Gasteiger partial charge < -0.3 is 14.6 Å². The van der Waals surface area contributed by atoms with Crippen LogP contribution in [0.15, 0.2) is 61.2 Å². The maximum Gasteiger partial charge on any atom is 0.376 e. The van der Waals surface area contributed by atoms with Gasteiger partial charge in [-0.1, -0.05) is 23.2 Å². The van der Waals surface area contributed by atoms with Crippen molar-refractivity contribution in [3.05, 3.63) is 76.8 Å². The van der Waals surface area contributed by atoms with Crippen molar-refractivity contribution in [1.82, 2.24) is 14.8 Å². The molecule has 1 heterocycles. The molecular weight excluding hydrogens is 445 g/mol. The van der Waals surface area contributed by atoms with Crippen molar-refractivity contribution in [3.63, 3.8) is 0 Å². The summed E-state index contributed by atoms with van der Waals surface area (Å²) in [5.74, 6) is -3.81. The zero-order chi connectivity index (χ0) is 22.6. The second-order valence-electron chi connectivity index (χ2n) is 7.30. The van der Waals surface area contributed by atoms with Crippen LogP contribution in [0.1, 0.15) is 24.2 Å². The first-order valence-corrected chi connectivity index (χ1v) is 9.87. The Morgan fingerprint density at radius 3 is 2.16 bits per heavy atom. The van der Waals surface area contributed by atoms with E-state index in [2.05, 4.69) is 10.1 Å². The van der Waals surface area contributed by atoms with E-state index in [1.807, 2.05) is 0 Å². The van der Waals surface area contributed by atoms with E-state index >= 15 is 0 Å². The van der Waals surface area contributed by atoms with Crippen molar-refractivity contribution >= 4 is 35.0 Å². The van der Waals surface area contributed by atoms with Gasteiger partial charge in [0, 0.05) is 10.0 Å². The number of hydrogen-bond acceptors (Lipinski definition) is 7. The summed E-state index contributed by atoms with van der Waals surface area (Å²) >= 11 is 11.7. The minimum atomic E-state index is -2.54. The molecule has 3 rings (SSSR count). The van der Waals surface area contributed by atoms with Crippen LogP contribution in [0, 0.1) is 5.41 Å². The normalized spacial score (nSPS) is 13.3. The van der Waals surface area contributed by atoms with Gasteiger partial charge in [-0.25, -0.2) is 9.78 Å². The highest BCUT2D eigenvalue weighted by Crippen LogP contribution is 2.31. The summed E-state index contributed by atoms with van der Waals surface area (Å²) < 4.78 is 11.8. The fraction of sp³-hybridized carbons (Fsp3) is 0.238. The lowest BCUT2D eigenvalue weighted by Crippen LogP contribution is -2.54. The Hall–Kier alpha value is -2.94. The van der Waals surface area contributed by atoms with Gasteiger partial charge in [0.05, 0.1) is 11.0 Å². The van der Waals surface area contributed by atoms with E-state index in [-0.39, 0.29) is 17.9 Å². The molecule has 0 aliphatic carbocycles.